The molecule has 0 saturated heterocycles. The van der Waals surface area contributed by atoms with Crippen molar-refractivity contribution in [3.63, 3.8) is 0 Å². The Labute approximate surface area is 276 Å². The molecule has 2 atom stereocenters. The molecule has 0 aromatic heterocycles. The molecule has 17 heteroatoms. The summed E-state index contributed by atoms with van der Waals surface area (Å²) in [5, 5.41) is 28.0. The Hall–Kier alpha value is -2.08. The first-order chi connectivity index (χ1) is 21.3. The van der Waals surface area contributed by atoms with E-state index in [1.54, 1.807) is 30.2 Å². The summed E-state index contributed by atoms with van der Waals surface area (Å²) in [5.74, 6) is 1.70. The van der Waals surface area contributed by atoms with Gasteiger partial charge in [-0.1, -0.05) is 24.3 Å². The Morgan fingerprint density at radius 2 is 1.24 bits per heavy atom. The highest BCUT2D eigenvalue weighted by Gasteiger charge is 2.29. The average Bonchev–Trinajstić information content (AvgIpc) is 3.02. The van der Waals surface area contributed by atoms with E-state index in [9.17, 15) is 0 Å². The summed E-state index contributed by atoms with van der Waals surface area (Å²) in [6.07, 6.45) is 3.52. The maximum atomic E-state index is 8.15. The highest BCUT2D eigenvalue weighted by molar-refractivity contribution is 8.69. The number of rotatable bonds is 18. The van der Waals surface area contributed by atoms with Crippen LogP contribution >= 0.6 is 36.9 Å². The number of nitrogens with zero attached hydrogens (tertiary/aromatic N) is 4. The Kier molecular flexibility index (Phi) is 14.7. The average molecular weight is 725 g/mol. The second kappa shape index (κ2) is 17.7. The highest BCUT2D eigenvalue weighted by atomic mass is 32.7. The van der Waals surface area contributed by atoms with Crippen molar-refractivity contribution >= 4 is 54.9 Å². The molecule has 0 bridgehead atoms. The largest absolute Gasteiger partial charge is 0.456 e. The van der Waals surface area contributed by atoms with Crippen LogP contribution in [0.4, 0.5) is 0 Å². The van der Waals surface area contributed by atoms with Crippen molar-refractivity contribution in [1.82, 2.24) is 14.6 Å². The van der Waals surface area contributed by atoms with E-state index in [4.69, 9.17) is 46.4 Å². The predicted octanol–water partition coefficient (Wildman–Crippen LogP) is 9.13. The molecule has 5 N–H and O–H groups in total. The van der Waals surface area contributed by atoms with Gasteiger partial charge in [-0.3, -0.25) is 21.0 Å². The summed E-state index contributed by atoms with van der Waals surface area (Å²) in [6, 6.07) is 22.9. The standard InChI is InChI=1S/C28H41N8O3P5S/c1-34(2)20-18-23-6-14-27(15-7-23)38-44(45,39-28-16-8-24(9-17-28)19-21-35(3)4)36(5)33-22-25-10-12-26(13-11-25)37-42(40-29)43(31,32)41-30/h6-17,22,29-30H,18-21H2,1-5H3,(H3,31,32)/b33-22+. The van der Waals surface area contributed by atoms with Gasteiger partial charge in [0.15, 0.2) is 6.58 Å². The van der Waals surface area contributed by atoms with Crippen molar-refractivity contribution in [2.45, 2.75) is 12.8 Å². The summed E-state index contributed by atoms with van der Waals surface area (Å²) in [6.45, 7) is -4.15. The van der Waals surface area contributed by atoms with E-state index in [1.807, 2.05) is 60.7 Å². The van der Waals surface area contributed by atoms with Crippen LogP contribution in [0, 0.1) is 15.5 Å². The van der Waals surface area contributed by atoms with Crippen LogP contribution in [0.25, 0.3) is 0 Å². The Morgan fingerprint density at radius 1 is 0.800 bits per heavy atom. The van der Waals surface area contributed by atoms with E-state index >= 15 is 0 Å². The predicted molar refractivity (Wildman–Crippen MR) is 195 cm³/mol. The first-order valence-corrected chi connectivity index (χ1v) is 23.5. The zero-order chi connectivity index (χ0) is 33.0. The molecule has 45 heavy (non-hydrogen) atoms. The number of hydrogen-bond acceptors (Lipinski definition) is 10. The normalized spacial score (nSPS) is 14.1. The van der Waals surface area contributed by atoms with E-state index in [1.165, 1.54) is 11.1 Å². The van der Waals surface area contributed by atoms with Gasteiger partial charge in [-0.2, -0.15) is 5.10 Å². The fourth-order valence-corrected chi connectivity index (χ4v) is 12.3. The van der Waals surface area contributed by atoms with Crippen LogP contribution in [0.5, 0.6) is 17.2 Å². The van der Waals surface area contributed by atoms with Gasteiger partial charge in [0.1, 0.15) is 17.2 Å². The van der Waals surface area contributed by atoms with Gasteiger partial charge in [0.05, 0.1) is 22.3 Å². The summed E-state index contributed by atoms with van der Waals surface area (Å²) in [4.78, 5) is 4.30. The SMILES string of the molecule is CN(C)CCc1ccc(OP(=S)(Oc2ccc(CCN(C)C)cc2)N(C)/N=C/c2ccc(OP(P=N)P(=N)(N)P=N)cc2)cc1. The molecule has 0 radical (unpaired) electrons. The molecule has 0 aliphatic rings. The van der Waals surface area contributed by atoms with Crippen LogP contribution in [0.3, 0.4) is 0 Å². The summed E-state index contributed by atoms with van der Waals surface area (Å²) in [5.41, 5.74) is 9.12. The summed E-state index contributed by atoms with van der Waals surface area (Å²) >= 11 is 6.05. The van der Waals surface area contributed by atoms with Gasteiger partial charge >= 0.3 is 6.64 Å². The molecule has 0 aliphatic heterocycles. The van der Waals surface area contributed by atoms with Gasteiger partial charge in [-0.05, 0) is 106 Å². The van der Waals surface area contributed by atoms with Crippen LogP contribution in [0.1, 0.15) is 16.7 Å². The Balaban J connectivity index is 1.80. The molecular formula is C28H41N8O3P5S. The van der Waals surface area contributed by atoms with Crippen LogP contribution in [0.15, 0.2) is 77.9 Å². The lowest BCUT2D eigenvalue weighted by Crippen LogP contribution is -2.17. The lowest BCUT2D eigenvalue weighted by molar-refractivity contribution is 0.395. The van der Waals surface area contributed by atoms with E-state index in [0.717, 1.165) is 31.5 Å². The molecule has 242 valence electrons. The Morgan fingerprint density at radius 3 is 1.64 bits per heavy atom. The lowest BCUT2D eigenvalue weighted by Gasteiger charge is -2.29. The number of nitrogens with two attached hydrogens (primary N) is 1. The molecule has 0 saturated carbocycles. The molecule has 0 amide bonds. The topological polar surface area (TPSA) is 147 Å². The molecule has 0 aliphatic carbocycles. The van der Waals surface area contributed by atoms with Crippen molar-refractivity contribution in [2.24, 2.45) is 10.6 Å². The number of benzene rings is 3. The third-order valence-electron chi connectivity index (χ3n) is 6.28. The molecule has 2 unspecified atom stereocenters. The fourth-order valence-electron chi connectivity index (χ4n) is 3.65. The molecule has 0 heterocycles. The van der Waals surface area contributed by atoms with Crippen LogP contribution in [-0.4, -0.2) is 69.1 Å². The molecule has 11 nitrogen and oxygen atoms in total. The summed E-state index contributed by atoms with van der Waals surface area (Å²) < 4.78 is 20.1. The van der Waals surface area contributed by atoms with Crippen LogP contribution < -0.4 is 19.1 Å². The zero-order valence-corrected chi connectivity index (χ0v) is 31.4. The van der Waals surface area contributed by atoms with Crippen molar-refractivity contribution in [3.8, 4) is 17.2 Å². The van der Waals surface area contributed by atoms with E-state index in [2.05, 4.69) is 43.1 Å². The molecule has 0 fully saturated rings. The van der Waals surface area contributed by atoms with E-state index in [-0.39, 0.29) is 16.1 Å². The first-order valence-electron chi connectivity index (χ1n) is 13.9. The van der Waals surface area contributed by atoms with E-state index < -0.39 is 20.8 Å². The smallest absolute Gasteiger partial charge is 0.410 e. The van der Waals surface area contributed by atoms with Gasteiger partial charge in [-0.15, -0.1) is 0 Å². The second-order valence-electron chi connectivity index (χ2n) is 10.5. The molecule has 0 spiro atoms. The van der Waals surface area contributed by atoms with Crippen LogP contribution in [0.2, 0.25) is 0 Å². The number of likely N-dealkylation sites (N-methyl/N-ethyl adjacent to an activating group) is 2. The van der Waals surface area contributed by atoms with Crippen molar-refractivity contribution < 1.29 is 13.6 Å². The second-order valence-corrected chi connectivity index (χ2v) is 25.3. The molecular weight excluding hydrogens is 683 g/mol. The van der Waals surface area contributed by atoms with Gasteiger partial charge in [-0.25, -0.2) is 4.78 Å². The molecule has 3 rings (SSSR count). The monoisotopic (exact) mass is 724 g/mol. The minimum atomic E-state index is -3.18. The van der Waals surface area contributed by atoms with Gasteiger partial charge in [0.25, 0.3) is 0 Å². The number of hydrogen-bond donors (Lipinski definition) is 4. The van der Waals surface area contributed by atoms with E-state index in [0.29, 0.717) is 17.2 Å². The third kappa shape index (κ3) is 12.2. The van der Waals surface area contributed by atoms with Gasteiger partial charge < -0.3 is 23.4 Å². The quantitative estimate of drug-likeness (QED) is 0.0577. The van der Waals surface area contributed by atoms with Crippen molar-refractivity contribution in [2.75, 3.05) is 48.3 Å². The van der Waals surface area contributed by atoms with Gasteiger partial charge in [0.2, 0.25) is 7.53 Å². The van der Waals surface area contributed by atoms with Crippen molar-refractivity contribution in [1.29, 1.82) is 15.5 Å². The molecule has 3 aromatic rings. The van der Waals surface area contributed by atoms with Crippen molar-refractivity contribution in [3.05, 3.63) is 89.5 Å². The number of hydrazone groups is 1. The minimum Gasteiger partial charge on any atom is -0.456 e. The maximum Gasteiger partial charge on any atom is 0.410 e. The maximum absolute atomic E-state index is 8.15. The summed E-state index contributed by atoms with van der Waals surface area (Å²) in [7, 11) is 8.54. The lowest BCUT2D eigenvalue weighted by atomic mass is 10.1. The zero-order valence-electron chi connectivity index (χ0n) is 26.1. The number of nitrogens with one attached hydrogen (secondary N) is 3. The fraction of sp³-hybridized carbons (Fsp3) is 0.321. The van der Waals surface area contributed by atoms with Crippen LogP contribution in [-0.2, 0) is 24.6 Å². The minimum absolute atomic E-state index is 0.0172. The molecule has 3 aromatic carbocycles. The van der Waals surface area contributed by atoms with Gasteiger partial charge in [0, 0.05) is 31.9 Å². The third-order valence-corrected chi connectivity index (χ3v) is 20.9. The first kappa shape index (κ1) is 37.4. The highest BCUT2D eigenvalue weighted by Crippen LogP contribution is 2.83. The Bertz CT molecular complexity index is 1470.